The van der Waals surface area contributed by atoms with E-state index in [1.54, 1.807) is 24.4 Å². The van der Waals surface area contributed by atoms with Gasteiger partial charge >= 0.3 is 5.97 Å². The normalized spacial score (nSPS) is 19.5. The van der Waals surface area contributed by atoms with Gasteiger partial charge in [-0.25, -0.2) is 0 Å². The first-order valence-corrected chi connectivity index (χ1v) is 17.1. The molecule has 272 valence electrons. The summed E-state index contributed by atoms with van der Waals surface area (Å²) >= 11 is 14.2. The molecule has 14 heteroatoms. The zero-order valence-electron chi connectivity index (χ0n) is 28.1. The molecule has 0 amide bonds. The SMILES string of the molecule is CC1(Cl)C(c2ccccc2)=CC=CC1(COc1cc(OCc2cncc(C#N)c2)c(CNC(CO)C(=O)O)cc1Cl)OCCCNCC(O)CO. The van der Waals surface area contributed by atoms with Crippen molar-refractivity contribution in [1.29, 1.82) is 5.26 Å². The summed E-state index contributed by atoms with van der Waals surface area (Å²) < 4.78 is 19.1. The first-order chi connectivity index (χ1) is 24.5. The summed E-state index contributed by atoms with van der Waals surface area (Å²) in [5.41, 5.74) is 2.03. The number of carboxylic acid groups (broad SMARTS) is 1. The highest BCUT2D eigenvalue weighted by molar-refractivity contribution is 6.32. The Bertz CT molecular complexity index is 1720. The summed E-state index contributed by atoms with van der Waals surface area (Å²) in [5.74, 6) is -0.659. The maximum Gasteiger partial charge on any atom is 0.323 e. The Morgan fingerprint density at radius 1 is 1.10 bits per heavy atom. The van der Waals surface area contributed by atoms with Gasteiger partial charge < -0.3 is 40.0 Å². The molecule has 1 heterocycles. The molecule has 1 aliphatic carbocycles. The van der Waals surface area contributed by atoms with Gasteiger partial charge in [-0.15, -0.1) is 11.6 Å². The van der Waals surface area contributed by atoms with Crippen LogP contribution in [0.25, 0.3) is 5.57 Å². The summed E-state index contributed by atoms with van der Waals surface area (Å²) in [5, 5.41) is 53.0. The Hall–Kier alpha value is -4.03. The molecule has 0 fully saturated rings. The number of alkyl halides is 1. The van der Waals surface area contributed by atoms with Crippen molar-refractivity contribution in [3.63, 3.8) is 0 Å². The Labute approximate surface area is 306 Å². The van der Waals surface area contributed by atoms with Gasteiger partial charge in [0.05, 0.1) is 29.9 Å². The van der Waals surface area contributed by atoms with Crippen molar-refractivity contribution in [3.05, 3.63) is 106 Å². The molecule has 6 N–H and O–H groups in total. The molecule has 3 aromatic rings. The number of carboxylic acids is 1. The van der Waals surface area contributed by atoms with Gasteiger partial charge in [0.15, 0.2) is 0 Å². The number of nitrogens with zero attached hydrogens (tertiary/aromatic N) is 2. The average molecular weight is 742 g/mol. The minimum absolute atomic E-state index is 0.00647. The summed E-state index contributed by atoms with van der Waals surface area (Å²) in [6.45, 7) is 1.90. The van der Waals surface area contributed by atoms with Crippen LogP contribution in [0.15, 0.2) is 79.2 Å². The molecule has 0 aliphatic heterocycles. The number of hydrogen-bond acceptors (Lipinski definition) is 11. The predicted octanol–water partition coefficient (Wildman–Crippen LogP) is 3.84. The van der Waals surface area contributed by atoms with Crippen LogP contribution in [-0.2, 0) is 22.7 Å². The molecule has 0 radical (unpaired) electrons. The number of nitrogens with one attached hydrogen (secondary N) is 2. The molecule has 0 saturated heterocycles. The van der Waals surface area contributed by atoms with Crippen LogP contribution < -0.4 is 20.1 Å². The van der Waals surface area contributed by atoms with E-state index in [0.29, 0.717) is 35.4 Å². The van der Waals surface area contributed by atoms with Crippen molar-refractivity contribution >= 4 is 34.7 Å². The molecule has 1 aromatic heterocycles. The average Bonchev–Trinajstić information content (AvgIpc) is 3.13. The second-order valence-electron chi connectivity index (χ2n) is 12.1. The van der Waals surface area contributed by atoms with Crippen LogP contribution in [-0.4, -0.2) is 93.5 Å². The smallest absolute Gasteiger partial charge is 0.323 e. The number of halogens is 2. The minimum atomic E-state index is -1.22. The number of pyridine rings is 1. The van der Waals surface area contributed by atoms with E-state index in [2.05, 4.69) is 15.6 Å². The number of aromatic nitrogens is 1. The molecule has 1 aliphatic rings. The lowest BCUT2D eigenvalue weighted by Gasteiger charge is -2.45. The van der Waals surface area contributed by atoms with Gasteiger partial charge in [-0.05, 0) is 49.2 Å². The van der Waals surface area contributed by atoms with E-state index in [4.69, 9.17) is 42.5 Å². The van der Waals surface area contributed by atoms with Crippen LogP contribution in [0.2, 0.25) is 5.02 Å². The van der Waals surface area contributed by atoms with Crippen molar-refractivity contribution in [3.8, 4) is 17.6 Å². The molecule has 51 heavy (non-hydrogen) atoms. The van der Waals surface area contributed by atoms with Crippen LogP contribution in [0.5, 0.6) is 11.5 Å². The van der Waals surface area contributed by atoms with E-state index in [0.717, 1.165) is 11.1 Å². The molecule has 4 atom stereocenters. The molecule has 12 nitrogen and oxygen atoms in total. The van der Waals surface area contributed by atoms with Gasteiger partial charge in [-0.1, -0.05) is 54.1 Å². The summed E-state index contributed by atoms with van der Waals surface area (Å²) in [6, 6.07) is 15.4. The predicted molar refractivity (Wildman–Crippen MR) is 193 cm³/mol. The lowest BCUT2D eigenvalue weighted by molar-refractivity contribution is -0.140. The fourth-order valence-electron chi connectivity index (χ4n) is 5.42. The highest BCUT2D eigenvalue weighted by Crippen LogP contribution is 2.47. The Morgan fingerprint density at radius 2 is 1.88 bits per heavy atom. The van der Waals surface area contributed by atoms with E-state index < -0.39 is 35.2 Å². The second-order valence-corrected chi connectivity index (χ2v) is 13.2. The zero-order chi connectivity index (χ0) is 36.9. The number of carbonyl (C=O) groups is 1. The molecule has 0 spiro atoms. The van der Waals surface area contributed by atoms with Crippen LogP contribution in [0.1, 0.15) is 35.6 Å². The Morgan fingerprint density at radius 3 is 2.59 bits per heavy atom. The van der Waals surface area contributed by atoms with E-state index >= 15 is 0 Å². The molecule has 0 saturated carbocycles. The third-order valence-corrected chi connectivity index (χ3v) is 9.18. The monoisotopic (exact) mass is 740 g/mol. The molecule has 2 aromatic carbocycles. The molecule has 0 bridgehead atoms. The molecule has 4 rings (SSSR count). The van der Waals surface area contributed by atoms with Crippen LogP contribution >= 0.6 is 23.2 Å². The highest BCUT2D eigenvalue weighted by Gasteiger charge is 2.51. The van der Waals surface area contributed by atoms with Gasteiger partial charge in [0, 0.05) is 49.3 Å². The quantitative estimate of drug-likeness (QED) is 0.0728. The maximum absolute atomic E-state index is 11.5. The van der Waals surface area contributed by atoms with Crippen molar-refractivity contribution in [2.24, 2.45) is 0 Å². The number of benzene rings is 2. The van der Waals surface area contributed by atoms with Gasteiger partial charge in [0.2, 0.25) is 0 Å². The van der Waals surface area contributed by atoms with E-state index in [9.17, 15) is 25.4 Å². The number of aliphatic hydroxyl groups excluding tert-OH is 3. The number of aliphatic hydroxyl groups is 3. The minimum Gasteiger partial charge on any atom is -0.488 e. The number of nitriles is 1. The van der Waals surface area contributed by atoms with Crippen LogP contribution in [0, 0.1) is 11.3 Å². The number of allylic oxidation sites excluding steroid dienone is 2. The topological polar surface area (TPSA) is 186 Å². The van der Waals surface area contributed by atoms with Gasteiger partial charge in [0.1, 0.15) is 47.3 Å². The zero-order valence-corrected chi connectivity index (χ0v) is 29.6. The van der Waals surface area contributed by atoms with E-state index in [-0.39, 0.29) is 50.3 Å². The third kappa shape index (κ3) is 10.5. The Balaban J connectivity index is 1.62. The van der Waals surface area contributed by atoms with Gasteiger partial charge in [0.25, 0.3) is 0 Å². The summed E-state index contributed by atoms with van der Waals surface area (Å²) in [7, 11) is 0. The standard InChI is InChI=1S/C37H42Cl2N4O8/c1-36(39)30(27-7-3-2-4-8-27)9-5-10-37(36,51-12-6-11-41-20-29(46)21-44)24-50-34-15-33(49-23-26-13-25(16-40)17-42-18-26)28(14-31(34)38)19-43-32(22-45)35(47)48/h2-5,7-10,13-15,17-18,29,32,41,43-46H,6,11-12,19-24H2,1H3,(H,47,48). The lowest BCUT2D eigenvalue weighted by atomic mass is 9.76. The number of rotatable bonds is 20. The Kier molecular flexibility index (Phi) is 14.8. The highest BCUT2D eigenvalue weighted by atomic mass is 35.5. The fourth-order valence-corrected chi connectivity index (χ4v) is 6.00. The third-order valence-electron chi connectivity index (χ3n) is 8.36. The molecular formula is C37H42Cl2N4O8. The van der Waals surface area contributed by atoms with Crippen molar-refractivity contribution < 1.29 is 39.4 Å². The maximum atomic E-state index is 11.5. The van der Waals surface area contributed by atoms with E-state index in [1.807, 2.05) is 61.6 Å². The van der Waals surface area contributed by atoms with Gasteiger partial charge in [-0.2, -0.15) is 5.26 Å². The van der Waals surface area contributed by atoms with Gasteiger partial charge in [-0.3, -0.25) is 15.1 Å². The summed E-state index contributed by atoms with van der Waals surface area (Å²) in [4.78, 5) is 14.5. The molecule has 4 unspecified atom stereocenters. The number of aliphatic carboxylic acids is 1. The first-order valence-electron chi connectivity index (χ1n) is 16.3. The fraction of sp³-hybridized carbons (Fsp3) is 0.378. The van der Waals surface area contributed by atoms with Crippen molar-refractivity contribution in [2.45, 2.75) is 49.1 Å². The number of ether oxygens (including phenoxy) is 3. The number of hydrogen-bond donors (Lipinski definition) is 6. The summed E-state index contributed by atoms with van der Waals surface area (Å²) in [6.07, 6.45) is 8.39. The molecular weight excluding hydrogens is 699 g/mol. The first kappa shape index (κ1) is 39.8. The van der Waals surface area contributed by atoms with Crippen LogP contribution in [0.4, 0.5) is 0 Å². The van der Waals surface area contributed by atoms with Crippen LogP contribution in [0.3, 0.4) is 0 Å². The van der Waals surface area contributed by atoms with Crippen molar-refractivity contribution in [2.75, 3.05) is 39.5 Å². The van der Waals surface area contributed by atoms with E-state index in [1.165, 1.54) is 6.20 Å². The largest absolute Gasteiger partial charge is 0.488 e. The second kappa shape index (κ2) is 19.0. The lowest BCUT2D eigenvalue weighted by Crippen LogP contribution is -2.55. The van der Waals surface area contributed by atoms with Crippen molar-refractivity contribution in [1.82, 2.24) is 15.6 Å².